The Kier molecular flexibility index (Phi) is 4.86. The maximum absolute atomic E-state index is 13.9. The van der Waals surface area contributed by atoms with Crippen LogP contribution in [0.2, 0.25) is 5.02 Å². The van der Waals surface area contributed by atoms with Gasteiger partial charge in [0, 0.05) is 21.7 Å². The van der Waals surface area contributed by atoms with Gasteiger partial charge < -0.3 is 5.73 Å². The topological polar surface area (TPSA) is 26.0 Å². The van der Waals surface area contributed by atoms with E-state index in [1.54, 1.807) is 6.07 Å². The first-order valence-electron chi connectivity index (χ1n) is 5.99. The number of hydrogen-bond donors (Lipinski definition) is 1. The molecule has 0 unspecified atom stereocenters. The van der Waals surface area contributed by atoms with E-state index < -0.39 is 0 Å². The van der Waals surface area contributed by atoms with E-state index in [1.807, 2.05) is 37.3 Å². The van der Waals surface area contributed by atoms with Gasteiger partial charge in [-0.3, -0.25) is 0 Å². The van der Waals surface area contributed by atoms with Gasteiger partial charge in [-0.15, -0.1) is 11.8 Å². The lowest BCUT2D eigenvalue weighted by atomic mass is 10.1. The average Bonchev–Trinajstić information content (AvgIpc) is 2.39. The molecule has 0 aliphatic heterocycles. The van der Waals surface area contributed by atoms with Crippen molar-refractivity contribution in [2.24, 2.45) is 5.73 Å². The summed E-state index contributed by atoms with van der Waals surface area (Å²) in [4.78, 5) is 0.615. The fourth-order valence-electron chi connectivity index (χ4n) is 1.69. The first-order chi connectivity index (χ1) is 9.08. The Morgan fingerprint density at radius 2 is 2.00 bits per heavy atom. The van der Waals surface area contributed by atoms with Gasteiger partial charge in [0.15, 0.2) is 0 Å². The van der Waals surface area contributed by atoms with Crippen molar-refractivity contribution in [2.75, 3.05) is 0 Å². The van der Waals surface area contributed by atoms with Gasteiger partial charge in [-0.25, -0.2) is 4.39 Å². The van der Waals surface area contributed by atoms with Crippen molar-refractivity contribution in [3.05, 3.63) is 64.4 Å². The number of rotatable bonds is 4. The molecule has 2 rings (SSSR count). The quantitative estimate of drug-likeness (QED) is 0.821. The van der Waals surface area contributed by atoms with Crippen LogP contribution in [-0.2, 0) is 5.75 Å². The molecule has 19 heavy (non-hydrogen) atoms. The second kappa shape index (κ2) is 6.42. The highest BCUT2D eigenvalue weighted by Crippen LogP contribution is 2.29. The van der Waals surface area contributed by atoms with Gasteiger partial charge in [-0.05, 0) is 36.2 Å². The van der Waals surface area contributed by atoms with E-state index in [2.05, 4.69) is 0 Å². The molecule has 2 aromatic rings. The number of halogens is 2. The zero-order chi connectivity index (χ0) is 13.8. The lowest BCUT2D eigenvalue weighted by Gasteiger charge is -2.09. The molecule has 100 valence electrons. The molecule has 2 aromatic carbocycles. The van der Waals surface area contributed by atoms with Crippen molar-refractivity contribution in [2.45, 2.75) is 23.6 Å². The Balaban J connectivity index is 2.10. The van der Waals surface area contributed by atoms with Crippen molar-refractivity contribution >= 4 is 23.4 Å². The molecule has 2 N–H and O–H groups in total. The van der Waals surface area contributed by atoms with E-state index >= 15 is 0 Å². The molecule has 0 fully saturated rings. The monoisotopic (exact) mass is 295 g/mol. The van der Waals surface area contributed by atoms with Crippen molar-refractivity contribution in [3.8, 4) is 0 Å². The highest BCUT2D eigenvalue weighted by molar-refractivity contribution is 7.98. The molecule has 1 nitrogen and oxygen atoms in total. The molecule has 0 saturated heterocycles. The highest BCUT2D eigenvalue weighted by atomic mass is 35.5. The number of hydrogen-bond acceptors (Lipinski definition) is 2. The summed E-state index contributed by atoms with van der Waals surface area (Å²) in [6.45, 7) is 1.84. The Morgan fingerprint density at radius 1 is 1.26 bits per heavy atom. The molecule has 1 atom stereocenters. The summed E-state index contributed by atoms with van der Waals surface area (Å²) in [5.74, 6) is 0.417. The molecule has 0 amide bonds. The van der Waals surface area contributed by atoms with E-state index in [9.17, 15) is 4.39 Å². The fraction of sp³-hybridized carbons (Fsp3) is 0.200. The van der Waals surface area contributed by atoms with Crippen molar-refractivity contribution in [1.82, 2.24) is 0 Å². The van der Waals surface area contributed by atoms with Gasteiger partial charge in [-0.2, -0.15) is 0 Å². The highest BCUT2D eigenvalue weighted by Gasteiger charge is 2.08. The fourth-order valence-corrected chi connectivity index (χ4v) is 2.89. The van der Waals surface area contributed by atoms with Gasteiger partial charge >= 0.3 is 0 Å². The second-order valence-corrected chi connectivity index (χ2v) is 5.78. The molecule has 0 aliphatic carbocycles. The zero-order valence-corrected chi connectivity index (χ0v) is 12.1. The van der Waals surface area contributed by atoms with Crippen LogP contribution < -0.4 is 5.73 Å². The molecule has 0 aliphatic rings. The number of thioether (sulfide) groups is 1. The molecular weight excluding hydrogens is 281 g/mol. The van der Waals surface area contributed by atoms with Crippen LogP contribution in [0.5, 0.6) is 0 Å². The normalized spacial score (nSPS) is 12.4. The first-order valence-corrected chi connectivity index (χ1v) is 7.35. The van der Waals surface area contributed by atoms with Crippen LogP contribution in [0.15, 0.2) is 47.4 Å². The van der Waals surface area contributed by atoms with Crippen LogP contribution in [0.25, 0.3) is 0 Å². The van der Waals surface area contributed by atoms with E-state index in [1.165, 1.54) is 17.8 Å². The van der Waals surface area contributed by atoms with Crippen molar-refractivity contribution in [1.29, 1.82) is 0 Å². The standard InChI is InChI=1S/C15H15ClFNS/c1-10(18)11-6-7-15(14(17)8-11)19-9-12-4-2-3-5-13(12)16/h2-8,10H,9,18H2,1H3/t10-/m0/s1. The maximum atomic E-state index is 13.9. The minimum atomic E-state index is -0.230. The van der Waals surface area contributed by atoms with Gasteiger partial charge in [0.05, 0.1) is 0 Å². The molecule has 0 heterocycles. The molecule has 0 saturated carbocycles. The lowest BCUT2D eigenvalue weighted by Crippen LogP contribution is -2.05. The van der Waals surface area contributed by atoms with Crippen molar-refractivity contribution in [3.63, 3.8) is 0 Å². The van der Waals surface area contributed by atoms with E-state index in [4.69, 9.17) is 17.3 Å². The van der Waals surface area contributed by atoms with Crippen LogP contribution in [0.1, 0.15) is 24.1 Å². The summed E-state index contributed by atoms with van der Waals surface area (Å²) in [6.07, 6.45) is 0. The zero-order valence-electron chi connectivity index (χ0n) is 10.6. The SMILES string of the molecule is C[C@H](N)c1ccc(SCc2ccccc2Cl)c(F)c1. The summed E-state index contributed by atoms with van der Waals surface area (Å²) < 4.78 is 13.9. The Bertz CT molecular complexity index is 572. The molecular formula is C15H15ClFNS. The third-order valence-corrected chi connectivity index (χ3v) is 4.29. The van der Waals surface area contributed by atoms with Gasteiger partial charge in [0.1, 0.15) is 5.82 Å². The van der Waals surface area contributed by atoms with E-state index in [0.717, 1.165) is 11.1 Å². The summed E-state index contributed by atoms with van der Waals surface area (Å²) in [5.41, 5.74) is 7.54. The predicted molar refractivity (Wildman–Crippen MR) is 80.0 cm³/mol. The largest absolute Gasteiger partial charge is 0.324 e. The third-order valence-electron chi connectivity index (χ3n) is 2.82. The lowest BCUT2D eigenvalue weighted by molar-refractivity contribution is 0.596. The number of nitrogens with two attached hydrogens (primary N) is 1. The Labute approximate surface area is 122 Å². The van der Waals surface area contributed by atoms with Crippen LogP contribution in [-0.4, -0.2) is 0 Å². The van der Waals surface area contributed by atoms with E-state index in [0.29, 0.717) is 15.7 Å². The van der Waals surface area contributed by atoms with Crippen LogP contribution in [0, 0.1) is 5.82 Å². The minimum Gasteiger partial charge on any atom is -0.324 e. The molecule has 0 radical (unpaired) electrons. The maximum Gasteiger partial charge on any atom is 0.137 e. The van der Waals surface area contributed by atoms with Crippen LogP contribution in [0.4, 0.5) is 4.39 Å². The third kappa shape index (κ3) is 3.72. The number of benzene rings is 2. The molecule has 0 aromatic heterocycles. The summed E-state index contributed by atoms with van der Waals surface area (Å²) in [6, 6.07) is 12.6. The van der Waals surface area contributed by atoms with Gasteiger partial charge in [0.25, 0.3) is 0 Å². The van der Waals surface area contributed by atoms with Crippen LogP contribution >= 0.6 is 23.4 Å². The average molecular weight is 296 g/mol. The molecule has 0 spiro atoms. The minimum absolute atomic E-state index is 0.155. The van der Waals surface area contributed by atoms with Gasteiger partial charge in [-0.1, -0.05) is 35.9 Å². The van der Waals surface area contributed by atoms with Gasteiger partial charge in [0.2, 0.25) is 0 Å². The van der Waals surface area contributed by atoms with Crippen molar-refractivity contribution < 1.29 is 4.39 Å². The first kappa shape index (κ1) is 14.4. The predicted octanol–water partition coefficient (Wildman–Crippen LogP) is 4.79. The summed E-state index contributed by atoms with van der Waals surface area (Å²) >= 11 is 7.51. The van der Waals surface area contributed by atoms with Crippen LogP contribution in [0.3, 0.4) is 0 Å². The smallest absolute Gasteiger partial charge is 0.137 e. The Hall–Kier alpha value is -1.03. The molecule has 4 heteroatoms. The summed E-state index contributed by atoms with van der Waals surface area (Å²) in [7, 11) is 0. The summed E-state index contributed by atoms with van der Waals surface area (Å²) in [5, 5.41) is 0.711. The Morgan fingerprint density at radius 3 is 2.63 bits per heavy atom. The second-order valence-electron chi connectivity index (χ2n) is 4.36. The molecule has 0 bridgehead atoms. The van der Waals surface area contributed by atoms with E-state index in [-0.39, 0.29) is 11.9 Å².